The second-order valence-electron chi connectivity index (χ2n) is 8.41. The summed E-state index contributed by atoms with van der Waals surface area (Å²) in [5.74, 6) is 0. The summed E-state index contributed by atoms with van der Waals surface area (Å²) in [5, 5.41) is 2.48. The van der Waals surface area contributed by atoms with Crippen LogP contribution in [0.15, 0.2) is 54.7 Å². The average Bonchev–Trinajstić information content (AvgIpc) is 2.58. The zero-order chi connectivity index (χ0) is 16.9. The lowest BCUT2D eigenvalue weighted by Gasteiger charge is -2.42. The van der Waals surface area contributed by atoms with Crippen molar-refractivity contribution in [2.24, 2.45) is 0 Å². The lowest BCUT2D eigenvalue weighted by Crippen LogP contribution is -2.33. The van der Waals surface area contributed by atoms with Crippen LogP contribution in [0.1, 0.15) is 51.7 Å². The molecule has 2 aromatic carbocycles. The quantitative estimate of drug-likeness (QED) is 0.517. The highest BCUT2D eigenvalue weighted by molar-refractivity contribution is 5.94. The van der Waals surface area contributed by atoms with Crippen molar-refractivity contribution in [2.45, 2.75) is 51.4 Å². The van der Waals surface area contributed by atoms with E-state index in [9.17, 15) is 0 Å². The topological polar surface area (TPSA) is 12.9 Å². The Hall–Kier alpha value is -2.15. The zero-order valence-corrected chi connectivity index (χ0v) is 15.1. The van der Waals surface area contributed by atoms with Crippen LogP contribution in [0, 0.1) is 0 Å². The molecule has 122 valence electrons. The molecular formula is C23H25N. The van der Waals surface area contributed by atoms with Crippen molar-refractivity contribution in [1.82, 2.24) is 4.98 Å². The van der Waals surface area contributed by atoms with Crippen molar-refractivity contribution in [2.75, 3.05) is 0 Å². The minimum atomic E-state index is 0.228. The van der Waals surface area contributed by atoms with Crippen molar-refractivity contribution in [1.29, 1.82) is 0 Å². The molecule has 0 unspecified atom stereocenters. The van der Waals surface area contributed by atoms with Gasteiger partial charge in [-0.2, -0.15) is 0 Å². The molecule has 0 amide bonds. The van der Waals surface area contributed by atoms with Gasteiger partial charge in [0, 0.05) is 17.1 Å². The van der Waals surface area contributed by atoms with Crippen LogP contribution in [-0.2, 0) is 10.8 Å². The third kappa shape index (κ3) is 2.34. The summed E-state index contributed by atoms with van der Waals surface area (Å²) in [4.78, 5) is 4.71. The Labute approximate surface area is 144 Å². The van der Waals surface area contributed by atoms with E-state index in [4.69, 9.17) is 4.98 Å². The fourth-order valence-corrected chi connectivity index (χ4v) is 4.09. The van der Waals surface area contributed by atoms with Gasteiger partial charge in [-0.05, 0) is 52.3 Å². The number of aromatic nitrogens is 1. The molecule has 24 heavy (non-hydrogen) atoms. The van der Waals surface area contributed by atoms with Crippen molar-refractivity contribution in [3.63, 3.8) is 0 Å². The molecule has 0 fully saturated rings. The predicted octanol–water partition coefficient (Wildman–Crippen LogP) is 6.25. The highest BCUT2D eigenvalue weighted by atomic mass is 14.7. The smallest absolute Gasteiger partial charge is 0.0780 e. The van der Waals surface area contributed by atoms with Crippen LogP contribution in [0.25, 0.3) is 22.0 Å². The average molecular weight is 315 g/mol. The first-order valence-corrected chi connectivity index (χ1v) is 8.88. The molecule has 1 aromatic heterocycles. The molecule has 1 heteroatoms. The minimum Gasteiger partial charge on any atom is -0.256 e. The van der Waals surface area contributed by atoms with Crippen molar-refractivity contribution in [3.05, 3.63) is 65.9 Å². The SMILES string of the molecule is CC1(C)CCC(C)(C)c2cc(-c3nccc4ccccc34)ccc21. The zero-order valence-electron chi connectivity index (χ0n) is 15.1. The molecule has 1 aliphatic rings. The molecule has 4 rings (SSSR count). The third-order valence-electron chi connectivity index (χ3n) is 5.80. The van der Waals surface area contributed by atoms with E-state index in [-0.39, 0.29) is 10.8 Å². The van der Waals surface area contributed by atoms with E-state index >= 15 is 0 Å². The Morgan fingerprint density at radius 1 is 0.792 bits per heavy atom. The number of pyridine rings is 1. The Kier molecular flexibility index (Phi) is 3.32. The van der Waals surface area contributed by atoms with E-state index in [1.54, 1.807) is 0 Å². The Balaban J connectivity index is 1.95. The van der Waals surface area contributed by atoms with Gasteiger partial charge in [0.05, 0.1) is 5.69 Å². The Morgan fingerprint density at radius 2 is 1.50 bits per heavy atom. The maximum Gasteiger partial charge on any atom is 0.0780 e. The number of fused-ring (bicyclic) bond motifs is 2. The third-order valence-corrected chi connectivity index (χ3v) is 5.80. The predicted molar refractivity (Wildman–Crippen MR) is 102 cm³/mol. The van der Waals surface area contributed by atoms with Crippen LogP contribution < -0.4 is 0 Å². The van der Waals surface area contributed by atoms with E-state index in [0.717, 1.165) is 5.69 Å². The second-order valence-corrected chi connectivity index (χ2v) is 8.41. The fraction of sp³-hybridized carbons (Fsp3) is 0.348. The molecule has 0 radical (unpaired) electrons. The largest absolute Gasteiger partial charge is 0.256 e. The van der Waals surface area contributed by atoms with Crippen molar-refractivity contribution >= 4 is 10.8 Å². The summed E-state index contributed by atoms with van der Waals surface area (Å²) in [6.07, 6.45) is 4.41. The Morgan fingerprint density at radius 3 is 2.29 bits per heavy atom. The number of nitrogens with zero attached hydrogens (tertiary/aromatic N) is 1. The van der Waals surface area contributed by atoms with Crippen LogP contribution in [0.3, 0.4) is 0 Å². The summed E-state index contributed by atoms with van der Waals surface area (Å²) < 4.78 is 0. The number of hydrogen-bond acceptors (Lipinski definition) is 1. The molecule has 0 saturated carbocycles. The van der Waals surface area contributed by atoms with Gasteiger partial charge in [0.2, 0.25) is 0 Å². The number of hydrogen-bond donors (Lipinski definition) is 0. The molecule has 0 N–H and O–H groups in total. The first-order chi connectivity index (χ1) is 11.4. The summed E-state index contributed by atoms with van der Waals surface area (Å²) in [5.41, 5.74) is 5.81. The van der Waals surface area contributed by atoms with Gasteiger partial charge in [-0.3, -0.25) is 4.98 Å². The highest BCUT2D eigenvalue weighted by Crippen LogP contribution is 2.46. The Bertz CT molecular complexity index is 913. The summed E-state index contributed by atoms with van der Waals surface area (Å²) in [6, 6.07) is 17.6. The fourth-order valence-electron chi connectivity index (χ4n) is 4.09. The van der Waals surface area contributed by atoms with Gasteiger partial charge in [-0.15, -0.1) is 0 Å². The molecule has 0 atom stereocenters. The summed E-state index contributed by atoms with van der Waals surface area (Å²) in [7, 11) is 0. The molecule has 0 aliphatic heterocycles. The first kappa shape index (κ1) is 15.4. The lowest BCUT2D eigenvalue weighted by molar-refractivity contribution is 0.332. The van der Waals surface area contributed by atoms with Gasteiger partial charge < -0.3 is 0 Å². The minimum absolute atomic E-state index is 0.228. The maximum absolute atomic E-state index is 4.71. The van der Waals surface area contributed by atoms with Crippen LogP contribution in [0.5, 0.6) is 0 Å². The first-order valence-electron chi connectivity index (χ1n) is 8.88. The standard InChI is InChI=1S/C23H25N/c1-22(2)12-13-23(3,4)20-15-17(9-10-19(20)22)21-18-8-6-5-7-16(18)11-14-24-21/h5-11,14-15H,12-13H2,1-4H3. The van der Waals surface area contributed by atoms with Gasteiger partial charge in [-0.25, -0.2) is 0 Å². The molecule has 0 spiro atoms. The van der Waals surface area contributed by atoms with Gasteiger partial charge >= 0.3 is 0 Å². The normalized spacial score (nSPS) is 18.3. The summed E-state index contributed by atoms with van der Waals surface area (Å²) in [6.45, 7) is 9.50. The highest BCUT2D eigenvalue weighted by Gasteiger charge is 2.37. The molecule has 1 heterocycles. The maximum atomic E-state index is 4.71. The van der Waals surface area contributed by atoms with Crippen LogP contribution >= 0.6 is 0 Å². The number of rotatable bonds is 1. The van der Waals surface area contributed by atoms with Crippen LogP contribution in [-0.4, -0.2) is 4.98 Å². The second kappa shape index (κ2) is 5.17. The van der Waals surface area contributed by atoms with Gasteiger partial charge in [0.15, 0.2) is 0 Å². The molecular weight excluding hydrogens is 290 g/mol. The van der Waals surface area contributed by atoms with E-state index in [0.29, 0.717) is 0 Å². The van der Waals surface area contributed by atoms with Gasteiger partial charge in [0.1, 0.15) is 0 Å². The van der Waals surface area contributed by atoms with Crippen LogP contribution in [0.4, 0.5) is 0 Å². The van der Waals surface area contributed by atoms with Gasteiger partial charge in [-0.1, -0.05) is 64.1 Å². The van der Waals surface area contributed by atoms with E-state index in [1.165, 1.54) is 40.3 Å². The lowest BCUT2D eigenvalue weighted by atomic mass is 9.63. The van der Waals surface area contributed by atoms with Crippen LogP contribution in [0.2, 0.25) is 0 Å². The van der Waals surface area contributed by atoms with Crippen molar-refractivity contribution in [3.8, 4) is 11.3 Å². The monoisotopic (exact) mass is 315 g/mol. The molecule has 1 nitrogen and oxygen atoms in total. The van der Waals surface area contributed by atoms with E-state index in [1.807, 2.05) is 6.20 Å². The summed E-state index contributed by atoms with van der Waals surface area (Å²) >= 11 is 0. The molecule has 1 aliphatic carbocycles. The van der Waals surface area contributed by atoms with Gasteiger partial charge in [0.25, 0.3) is 0 Å². The molecule has 3 aromatic rings. The van der Waals surface area contributed by atoms with Crippen molar-refractivity contribution < 1.29 is 0 Å². The number of benzene rings is 2. The van der Waals surface area contributed by atoms with E-state index in [2.05, 4.69) is 76.2 Å². The molecule has 0 saturated heterocycles. The van der Waals surface area contributed by atoms with E-state index < -0.39 is 0 Å². The molecule has 0 bridgehead atoms.